The summed E-state index contributed by atoms with van der Waals surface area (Å²) >= 11 is 5.29. The van der Waals surface area contributed by atoms with Crippen LogP contribution in [-0.4, -0.2) is 0 Å². The predicted molar refractivity (Wildman–Crippen MR) is 61.5 cm³/mol. The van der Waals surface area contributed by atoms with Gasteiger partial charge in [0.15, 0.2) is 11.6 Å². The summed E-state index contributed by atoms with van der Waals surface area (Å²) in [7, 11) is 0. The Hall–Kier alpha value is -1.48. The van der Waals surface area contributed by atoms with E-state index in [0.29, 0.717) is 5.56 Å². The quantitative estimate of drug-likeness (QED) is 0.511. The van der Waals surface area contributed by atoms with Crippen molar-refractivity contribution in [2.24, 2.45) is 0 Å². The molecule has 0 heterocycles. The van der Waals surface area contributed by atoms with Crippen molar-refractivity contribution in [3.8, 4) is 11.1 Å². The van der Waals surface area contributed by atoms with Crippen molar-refractivity contribution in [3.63, 3.8) is 0 Å². The molecule has 2 aromatic carbocycles. The van der Waals surface area contributed by atoms with Crippen LogP contribution in [0.4, 0.5) is 13.2 Å². The zero-order valence-corrected chi connectivity index (χ0v) is 9.65. The Labute approximate surface area is 102 Å². The smallest absolute Gasteiger partial charge is 0.181 e. The number of halogens is 4. The SMILES string of the molecule is Cc1ccccc1-c1cc(F)c(Cl)c(F)c1F. The second kappa shape index (κ2) is 4.41. The van der Waals surface area contributed by atoms with Crippen molar-refractivity contribution < 1.29 is 13.2 Å². The Bertz CT molecular complexity index is 579. The van der Waals surface area contributed by atoms with E-state index in [9.17, 15) is 13.2 Å². The maximum atomic E-state index is 13.7. The van der Waals surface area contributed by atoms with Crippen LogP contribution in [0.5, 0.6) is 0 Å². The van der Waals surface area contributed by atoms with Gasteiger partial charge in [0, 0.05) is 5.56 Å². The molecule has 0 N–H and O–H groups in total. The Morgan fingerprint density at radius 2 is 1.59 bits per heavy atom. The first-order chi connectivity index (χ1) is 8.02. The zero-order valence-electron chi connectivity index (χ0n) is 8.90. The topological polar surface area (TPSA) is 0 Å². The van der Waals surface area contributed by atoms with E-state index >= 15 is 0 Å². The molecule has 0 saturated heterocycles. The van der Waals surface area contributed by atoms with Gasteiger partial charge >= 0.3 is 0 Å². The normalized spacial score (nSPS) is 10.6. The molecule has 0 radical (unpaired) electrons. The fraction of sp³-hybridized carbons (Fsp3) is 0.0769. The highest BCUT2D eigenvalue weighted by atomic mass is 35.5. The van der Waals surface area contributed by atoms with Crippen molar-refractivity contribution in [1.29, 1.82) is 0 Å². The molecule has 0 bridgehead atoms. The lowest BCUT2D eigenvalue weighted by molar-refractivity contribution is 0.498. The highest BCUT2D eigenvalue weighted by Gasteiger charge is 2.18. The molecule has 0 unspecified atom stereocenters. The molecular formula is C13H8ClF3. The third kappa shape index (κ3) is 2.03. The van der Waals surface area contributed by atoms with E-state index in [-0.39, 0.29) is 5.56 Å². The molecule has 0 aliphatic heterocycles. The number of aryl methyl sites for hydroxylation is 1. The molecule has 0 amide bonds. The average molecular weight is 257 g/mol. The molecule has 0 aromatic heterocycles. The van der Waals surface area contributed by atoms with Gasteiger partial charge in [0.1, 0.15) is 10.8 Å². The third-order valence-corrected chi connectivity index (χ3v) is 2.88. The molecule has 0 aliphatic rings. The van der Waals surface area contributed by atoms with Gasteiger partial charge in [-0.2, -0.15) is 0 Å². The van der Waals surface area contributed by atoms with E-state index in [0.717, 1.165) is 11.6 Å². The summed E-state index contributed by atoms with van der Waals surface area (Å²) in [6.45, 7) is 1.74. The monoisotopic (exact) mass is 256 g/mol. The van der Waals surface area contributed by atoms with Gasteiger partial charge in [-0.25, -0.2) is 13.2 Å². The van der Waals surface area contributed by atoms with Crippen LogP contribution in [0.2, 0.25) is 5.02 Å². The molecule has 0 atom stereocenters. The van der Waals surface area contributed by atoms with Crippen molar-refractivity contribution in [2.75, 3.05) is 0 Å². The van der Waals surface area contributed by atoms with Gasteiger partial charge in [-0.3, -0.25) is 0 Å². The molecular weight excluding hydrogens is 249 g/mol. The van der Waals surface area contributed by atoms with Gasteiger partial charge in [-0.15, -0.1) is 0 Å². The highest BCUT2D eigenvalue weighted by molar-refractivity contribution is 6.31. The minimum absolute atomic E-state index is 0.123. The van der Waals surface area contributed by atoms with Crippen molar-refractivity contribution in [1.82, 2.24) is 0 Å². The first-order valence-electron chi connectivity index (χ1n) is 4.91. The predicted octanol–water partition coefficient (Wildman–Crippen LogP) is 4.73. The number of hydrogen-bond acceptors (Lipinski definition) is 0. The largest absolute Gasteiger partial charge is 0.205 e. The van der Waals surface area contributed by atoms with Crippen LogP contribution in [0.3, 0.4) is 0 Å². The Morgan fingerprint density at radius 3 is 2.24 bits per heavy atom. The molecule has 2 rings (SSSR count). The fourth-order valence-electron chi connectivity index (χ4n) is 1.64. The van der Waals surface area contributed by atoms with Crippen LogP contribution in [0.1, 0.15) is 5.56 Å². The van der Waals surface area contributed by atoms with Crippen molar-refractivity contribution in [3.05, 3.63) is 58.4 Å². The summed E-state index contributed by atoms with van der Waals surface area (Å²) in [6, 6.07) is 7.67. The van der Waals surface area contributed by atoms with Gasteiger partial charge in [0.05, 0.1) is 0 Å². The van der Waals surface area contributed by atoms with Crippen LogP contribution >= 0.6 is 11.6 Å². The first-order valence-corrected chi connectivity index (χ1v) is 5.29. The summed E-state index contributed by atoms with van der Waals surface area (Å²) in [5.41, 5.74) is 1.05. The van der Waals surface area contributed by atoms with E-state index in [1.165, 1.54) is 0 Å². The maximum Gasteiger partial charge on any atom is 0.181 e. The number of rotatable bonds is 1. The van der Waals surface area contributed by atoms with Gasteiger partial charge in [0.2, 0.25) is 0 Å². The summed E-state index contributed by atoms with van der Waals surface area (Å²) in [5, 5.41) is -0.820. The molecule has 0 saturated carbocycles. The maximum absolute atomic E-state index is 13.7. The van der Waals surface area contributed by atoms with E-state index in [1.807, 2.05) is 0 Å². The van der Waals surface area contributed by atoms with Crippen molar-refractivity contribution in [2.45, 2.75) is 6.92 Å². The van der Waals surface area contributed by atoms with Crippen LogP contribution in [0.15, 0.2) is 30.3 Å². The van der Waals surface area contributed by atoms with Crippen LogP contribution in [0, 0.1) is 24.4 Å². The molecule has 2 aromatic rings. The minimum Gasteiger partial charge on any atom is -0.205 e. The van der Waals surface area contributed by atoms with Crippen LogP contribution in [-0.2, 0) is 0 Å². The Balaban J connectivity index is 2.73. The molecule has 0 aliphatic carbocycles. The summed E-state index contributed by atoms with van der Waals surface area (Å²) in [6.07, 6.45) is 0. The third-order valence-electron chi connectivity index (χ3n) is 2.54. The standard InChI is InChI=1S/C13H8ClF3/c1-7-4-2-3-5-8(7)9-6-10(15)11(14)13(17)12(9)16/h2-6H,1H3. The molecule has 88 valence electrons. The van der Waals surface area contributed by atoms with Crippen LogP contribution in [0.25, 0.3) is 11.1 Å². The van der Waals surface area contributed by atoms with Gasteiger partial charge < -0.3 is 0 Å². The summed E-state index contributed by atoms with van der Waals surface area (Å²) < 4.78 is 40.3. The van der Waals surface area contributed by atoms with Gasteiger partial charge in [0.25, 0.3) is 0 Å². The average Bonchev–Trinajstić information content (AvgIpc) is 2.32. The zero-order chi connectivity index (χ0) is 12.6. The molecule has 4 heteroatoms. The molecule has 0 fully saturated rings. The van der Waals surface area contributed by atoms with E-state index < -0.39 is 22.5 Å². The van der Waals surface area contributed by atoms with E-state index in [1.54, 1.807) is 31.2 Å². The summed E-state index contributed by atoms with van der Waals surface area (Å²) in [5.74, 6) is -3.46. The number of benzene rings is 2. The molecule has 0 spiro atoms. The lowest BCUT2D eigenvalue weighted by Crippen LogP contribution is -1.95. The van der Waals surface area contributed by atoms with E-state index in [4.69, 9.17) is 11.6 Å². The van der Waals surface area contributed by atoms with Gasteiger partial charge in [-0.1, -0.05) is 35.9 Å². The minimum atomic E-state index is -1.36. The second-order valence-corrected chi connectivity index (χ2v) is 4.04. The lowest BCUT2D eigenvalue weighted by Gasteiger charge is -2.09. The Morgan fingerprint density at radius 1 is 0.941 bits per heavy atom. The molecule has 17 heavy (non-hydrogen) atoms. The Kier molecular flexibility index (Phi) is 3.11. The second-order valence-electron chi connectivity index (χ2n) is 3.66. The number of hydrogen-bond donors (Lipinski definition) is 0. The van der Waals surface area contributed by atoms with Crippen molar-refractivity contribution >= 4 is 11.6 Å². The highest BCUT2D eigenvalue weighted by Crippen LogP contribution is 2.32. The van der Waals surface area contributed by atoms with E-state index in [2.05, 4.69) is 0 Å². The van der Waals surface area contributed by atoms with Gasteiger partial charge in [-0.05, 0) is 24.1 Å². The first kappa shape index (κ1) is 12.0. The molecule has 0 nitrogen and oxygen atoms in total. The lowest BCUT2D eigenvalue weighted by atomic mass is 10.00. The summed E-state index contributed by atoms with van der Waals surface area (Å²) in [4.78, 5) is 0. The fourth-order valence-corrected chi connectivity index (χ4v) is 1.78. The van der Waals surface area contributed by atoms with Crippen LogP contribution < -0.4 is 0 Å².